The van der Waals surface area contributed by atoms with Gasteiger partial charge >= 0.3 is 54.9 Å². The second-order valence-electron chi connectivity index (χ2n) is 4.48. The molecule has 2 rings (SSSR count). The average molecular weight is 408 g/mol. The van der Waals surface area contributed by atoms with Crippen LogP contribution in [-0.2, 0) is 11.4 Å². The normalized spacial score (nSPS) is 10.6. The maximum atomic E-state index is 10.7. The van der Waals surface area contributed by atoms with E-state index in [2.05, 4.69) is 0 Å². The van der Waals surface area contributed by atoms with Crippen molar-refractivity contribution in [1.29, 1.82) is 0 Å². The van der Waals surface area contributed by atoms with Gasteiger partial charge in [-0.05, 0) is 36.3 Å². The Balaban J connectivity index is 0.00000220. The first kappa shape index (κ1) is 18.1. The van der Waals surface area contributed by atoms with E-state index < -0.39 is 5.97 Å². The number of benzene rings is 2. The number of aliphatic carboxylic acids is 1. The van der Waals surface area contributed by atoms with E-state index >= 15 is 0 Å². The van der Waals surface area contributed by atoms with E-state index in [1.165, 1.54) is 0 Å². The van der Waals surface area contributed by atoms with Gasteiger partial charge in [0, 0.05) is 5.57 Å². The van der Waals surface area contributed by atoms with E-state index in [1.807, 2.05) is 54.6 Å². The van der Waals surface area contributed by atoms with Gasteiger partial charge in [0.1, 0.15) is 12.4 Å². The Morgan fingerprint density at radius 2 is 1.71 bits per heavy atom. The van der Waals surface area contributed by atoms with Crippen LogP contribution in [0.4, 0.5) is 0 Å². The van der Waals surface area contributed by atoms with Gasteiger partial charge < -0.3 is 9.84 Å². The van der Waals surface area contributed by atoms with Gasteiger partial charge in [-0.3, -0.25) is 0 Å². The summed E-state index contributed by atoms with van der Waals surface area (Å²) in [4.78, 5) is 10.7. The molecular formula is C17H18BaO3. The summed E-state index contributed by atoms with van der Waals surface area (Å²) in [6, 6.07) is 17.3. The van der Waals surface area contributed by atoms with Gasteiger partial charge in [0.2, 0.25) is 0 Å². The minimum atomic E-state index is -0.908. The number of ether oxygens (including phenoxy) is 1. The fourth-order valence-corrected chi connectivity index (χ4v) is 1.71. The number of hydrogen-bond donors (Lipinski definition) is 1. The van der Waals surface area contributed by atoms with Crippen LogP contribution in [0.25, 0.3) is 6.08 Å². The zero-order valence-electron chi connectivity index (χ0n) is 11.2. The van der Waals surface area contributed by atoms with E-state index in [1.54, 1.807) is 13.0 Å². The van der Waals surface area contributed by atoms with Gasteiger partial charge in [0.05, 0.1) is 0 Å². The molecular weight excluding hydrogens is 390 g/mol. The standard InChI is InChI=1S/C17H16O3.Ba.2H/c1-13(17(18)19)11-14-7-9-16(10-8-14)20-12-15-5-3-2-4-6-15;;;/h2-11H,12H2,1H3,(H,18,19);;;. The molecule has 0 spiro atoms. The molecule has 0 aliphatic rings. The third-order valence-corrected chi connectivity index (χ3v) is 2.85. The molecule has 3 nitrogen and oxygen atoms in total. The SMILES string of the molecule is CC(=Cc1ccc(OCc2ccccc2)cc1)C(=O)O.[BaH2]. The molecule has 21 heavy (non-hydrogen) atoms. The second kappa shape index (κ2) is 9.12. The van der Waals surface area contributed by atoms with Crippen molar-refractivity contribution in [3.05, 3.63) is 71.3 Å². The number of carboxylic acids is 1. The predicted octanol–water partition coefficient (Wildman–Crippen LogP) is 2.84. The molecule has 2 aromatic carbocycles. The summed E-state index contributed by atoms with van der Waals surface area (Å²) in [5, 5.41) is 8.82. The van der Waals surface area contributed by atoms with E-state index in [0.29, 0.717) is 12.2 Å². The first-order valence-corrected chi connectivity index (χ1v) is 6.33. The van der Waals surface area contributed by atoms with Crippen LogP contribution in [0.5, 0.6) is 5.75 Å². The predicted molar refractivity (Wildman–Crippen MR) is 87.0 cm³/mol. The van der Waals surface area contributed by atoms with Gasteiger partial charge in [0.15, 0.2) is 0 Å². The molecule has 0 aliphatic carbocycles. The van der Waals surface area contributed by atoms with Crippen molar-refractivity contribution < 1.29 is 14.6 Å². The van der Waals surface area contributed by atoms with Gasteiger partial charge in [-0.15, -0.1) is 0 Å². The van der Waals surface area contributed by atoms with Crippen LogP contribution >= 0.6 is 0 Å². The van der Waals surface area contributed by atoms with Crippen molar-refractivity contribution >= 4 is 60.9 Å². The third kappa shape index (κ3) is 6.11. The Kier molecular flexibility index (Phi) is 7.85. The molecule has 0 unspecified atom stereocenters. The van der Waals surface area contributed by atoms with Gasteiger partial charge in [-0.1, -0.05) is 42.5 Å². The number of hydrogen-bond acceptors (Lipinski definition) is 2. The molecule has 0 fully saturated rings. The average Bonchev–Trinajstić information content (AvgIpc) is 2.47. The van der Waals surface area contributed by atoms with Crippen molar-refractivity contribution in [2.24, 2.45) is 0 Å². The molecule has 0 aromatic heterocycles. The van der Waals surface area contributed by atoms with Crippen molar-refractivity contribution in [2.45, 2.75) is 13.5 Å². The Bertz CT molecular complexity index is 604. The molecule has 2 aromatic rings. The topological polar surface area (TPSA) is 46.5 Å². The molecule has 0 amide bonds. The minimum absolute atomic E-state index is 0. The molecule has 0 aliphatic heterocycles. The Hall–Kier alpha value is -0.979. The zero-order chi connectivity index (χ0) is 14.4. The number of carboxylic acid groups (broad SMARTS) is 1. The molecule has 106 valence electrons. The third-order valence-electron chi connectivity index (χ3n) is 2.85. The molecule has 1 N–H and O–H groups in total. The Morgan fingerprint density at radius 1 is 1.10 bits per heavy atom. The van der Waals surface area contributed by atoms with E-state index in [0.717, 1.165) is 16.9 Å². The van der Waals surface area contributed by atoms with Crippen LogP contribution in [0, 0.1) is 0 Å². The van der Waals surface area contributed by atoms with Gasteiger partial charge in [-0.25, -0.2) is 4.79 Å². The molecule has 0 atom stereocenters. The summed E-state index contributed by atoms with van der Waals surface area (Å²) >= 11 is 0. The van der Waals surface area contributed by atoms with Crippen molar-refractivity contribution in [1.82, 2.24) is 0 Å². The summed E-state index contributed by atoms with van der Waals surface area (Å²) in [6.07, 6.45) is 1.63. The monoisotopic (exact) mass is 408 g/mol. The molecule has 0 saturated heterocycles. The Morgan fingerprint density at radius 3 is 2.29 bits per heavy atom. The van der Waals surface area contributed by atoms with Crippen molar-refractivity contribution in [2.75, 3.05) is 0 Å². The van der Waals surface area contributed by atoms with E-state index in [4.69, 9.17) is 9.84 Å². The molecule has 4 heteroatoms. The summed E-state index contributed by atoms with van der Waals surface area (Å²) in [6.45, 7) is 2.09. The van der Waals surface area contributed by atoms with Crippen molar-refractivity contribution in [3.63, 3.8) is 0 Å². The van der Waals surface area contributed by atoms with Gasteiger partial charge in [-0.2, -0.15) is 0 Å². The first-order chi connectivity index (χ1) is 9.65. The van der Waals surface area contributed by atoms with Gasteiger partial charge in [0.25, 0.3) is 0 Å². The number of carbonyl (C=O) groups is 1. The van der Waals surface area contributed by atoms with Crippen LogP contribution in [0.15, 0.2) is 60.2 Å². The molecule has 0 bridgehead atoms. The summed E-state index contributed by atoms with van der Waals surface area (Å²) in [5.74, 6) is -0.145. The molecule has 0 heterocycles. The quantitative estimate of drug-likeness (QED) is 0.612. The Labute approximate surface area is 164 Å². The van der Waals surface area contributed by atoms with Crippen LogP contribution in [0.3, 0.4) is 0 Å². The summed E-state index contributed by atoms with van der Waals surface area (Å²) in [5.41, 5.74) is 2.26. The fourth-order valence-electron chi connectivity index (χ4n) is 1.71. The van der Waals surface area contributed by atoms with E-state index in [-0.39, 0.29) is 48.9 Å². The first-order valence-electron chi connectivity index (χ1n) is 6.33. The maximum absolute atomic E-state index is 10.7. The second-order valence-corrected chi connectivity index (χ2v) is 4.48. The van der Waals surface area contributed by atoms with Crippen LogP contribution in [-0.4, -0.2) is 60.0 Å². The van der Waals surface area contributed by atoms with Crippen LogP contribution in [0.1, 0.15) is 18.1 Å². The number of rotatable bonds is 5. The van der Waals surface area contributed by atoms with Crippen LogP contribution in [0.2, 0.25) is 0 Å². The molecule has 0 radical (unpaired) electrons. The van der Waals surface area contributed by atoms with Crippen molar-refractivity contribution in [3.8, 4) is 5.75 Å². The molecule has 0 saturated carbocycles. The van der Waals surface area contributed by atoms with Crippen LogP contribution < -0.4 is 4.74 Å². The summed E-state index contributed by atoms with van der Waals surface area (Å²) < 4.78 is 5.66. The zero-order valence-corrected chi connectivity index (χ0v) is 11.2. The summed E-state index contributed by atoms with van der Waals surface area (Å²) in [7, 11) is 0. The van der Waals surface area contributed by atoms with E-state index in [9.17, 15) is 4.79 Å². The fraction of sp³-hybridized carbons (Fsp3) is 0.118.